The van der Waals surface area contributed by atoms with Crippen molar-refractivity contribution in [1.82, 2.24) is 5.32 Å². The van der Waals surface area contributed by atoms with E-state index in [1.54, 1.807) is 0 Å². The van der Waals surface area contributed by atoms with Gasteiger partial charge in [-0.25, -0.2) is 0 Å². The Labute approximate surface area is 128 Å². The molecule has 0 radical (unpaired) electrons. The van der Waals surface area contributed by atoms with Crippen LogP contribution >= 0.6 is 0 Å². The molecule has 1 fully saturated rings. The molecule has 0 saturated heterocycles. The highest BCUT2D eigenvalue weighted by atomic mass is 16.2. The number of rotatable bonds is 9. The van der Waals surface area contributed by atoms with E-state index in [1.807, 2.05) is 0 Å². The fraction of sp³-hybridized carbons (Fsp3) is 0.875. The molecule has 1 aliphatic rings. The number of primary amides is 1. The van der Waals surface area contributed by atoms with Gasteiger partial charge in [-0.15, -0.1) is 0 Å². The van der Waals surface area contributed by atoms with Crippen molar-refractivity contribution in [1.29, 1.82) is 0 Å². The molecule has 0 bridgehead atoms. The van der Waals surface area contributed by atoms with Crippen molar-refractivity contribution < 1.29 is 9.59 Å². The monoisotopic (exact) mass is 297 g/mol. The summed E-state index contributed by atoms with van der Waals surface area (Å²) in [5.41, 5.74) is 10.9. The van der Waals surface area contributed by atoms with E-state index in [1.165, 1.54) is 0 Å². The van der Waals surface area contributed by atoms with Gasteiger partial charge < -0.3 is 16.8 Å². The Kier molecular flexibility index (Phi) is 8.35. The third-order valence-corrected chi connectivity index (χ3v) is 4.55. The van der Waals surface area contributed by atoms with E-state index in [0.717, 1.165) is 51.4 Å². The molecule has 0 aliphatic heterocycles. The summed E-state index contributed by atoms with van der Waals surface area (Å²) in [4.78, 5) is 23.1. The van der Waals surface area contributed by atoms with Gasteiger partial charge in [0, 0.05) is 18.4 Å². The Morgan fingerprint density at radius 3 is 2.33 bits per heavy atom. The summed E-state index contributed by atoms with van der Waals surface area (Å²) in [5.74, 6) is 0.493. The van der Waals surface area contributed by atoms with Crippen molar-refractivity contribution in [2.24, 2.45) is 23.3 Å². The Bertz CT molecular complexity index is 319. The molecular formula is C16H31N3O2. The van der Waals surface area contributed by atoms with Gasteiger partial charge in [0.25, 0.3) is 0 Å². The molecule has 1 saturated carbocycles. The van der Waals surface area contributed by atoms with Gasteiger partial charge >= 0.3 is 0 Å². The molecule has 0 aromatic heterocycles. The first-order chi connectivity index (χ1) is 10.1. The summed E-state index contributed by atoms with van der Waals surface area (Å²) >= 11 is 0. The maximum absolute atomic E-state index is 12.0. The van der Waals surface area contributed by atoms with Gasteiger partial charge in [0.05, 0.1) is 0 Å². The first-order valence-corrected chi connectivity index (χ1v) is 8.35. The number of hydrogen-bond acceptors (Lipinski definition) is 3. The Morgan fingerprint density at radius 1 is 1.14 bits per heavy atom. The van der Waals surface area contributed by atoms with Crippen LogP contribution in [-0.4, -0.2) is 24.4 Å². The molecule has 1 aliphatic carbocycles. The van der Waals surface area contributed by atoms with Crippen LogP contribution in [0.1, 0.15) is 64.7 Å². The van der Waals surface area contributed by atoms with E-state index in [2.05, 4.69) is 12.2 Å². The largest absolute Gasteiger partial charge is 0.369 e. The summed E-state index contributed by atoms with van der Waals surface area (Å²) in [6.45, 7) is 2.87. The molecule has 0 aromatic rings. The summed E-state index contributed by atoms with van der Waals surface area (Å²) in [5, 5.41) is 3.10. The minimum atomic E-state index is -0.205. The maximum atomic E-state index is 12.0. The van der Waals surface area contributed by atoms with Crippen molar-refractivity contribution in [3.05, 3.63) is 0 Å². The van der Waals surface area contributed by atoms with Gasteiger partial charge in [0.1, 0.15) is 0 Å². The highest BCUT2D eigenvalue weighted by Crippen LogP contribution is 2.24. The molecule has 122 valence electrons. The third kappa shape index (κ3) is 6.93. The van der Waals surface area contributed by atoms with E-state index in [4.69, 9.17) is 11.5 Å². The van der Waals surface area contributed by atoms with Crippen LogP contribution in [0.5, 0.6) is 0 Å². The quantitative estimate of drug-likeness (QED) is 0.604. The van der Waals surface area contributed by atoms with Gasteiger partial charge in [-0.05, 0) is 51.0 Å². The molecule has 0 aromatic carbocycles. The molecule has 1 unspecified atom stereocenters. The molecule has 5 nitrogen and oxygen atoms in total. The number of carbonyl (C=O) groups excluding carboxylic acids is 2. The minimum Gasteiger partial charge on any atom is -0.369 e. The third-order valence-electron chi connectivity index (χ3n) is 4.55. The van der Waals surface area contributed by atoms with Gasteiger partial charge in [-0.2, -0.15) is 0 Å². The SMILES string of the molecule is CCCC(CCN)CCC(=O)NC1CCC(C(N)=O)CC1. The van der Waals surface area contributed by atoms with Crippen molar-refractivity contribution in [3.8, 4) is 0 Å². The van der Waals surface area contributed by atoms with E-state index >= 15 is 0 Å². The number of nitrogens with two attached hydrogens (primary N) is 2. The molecule has 0 spiro atoms. The average molecular weight is 297 g/mol. The van der Waals surface area contributed by atoms with E-state index in [-0.39, 0.29) is 23.8 Å². The van der Waals surface area contributed by atoms with Gasteiger partial charge in [-0.1, -0.05) is 19.8 Å². The predicted molar refractivity (Wildman–Crippen MR) is 84.4 cm³/mol. The predicted octanol–water partition coefficient (Wildman–Crippen LogP) is 1.69. The molecule has 21 heavy (non-hydrogen) atoms. The Balaban J connectivity index is 2.23. The molecule has 1 rings (SSSR count). The molecule has 0 heterocycles. The fourth-order valence-electron chi connectivity index (χ4n) is 3.23. The van der Waals surface area contributed by atoms with E-state index in [9.17, 15) is 9.59 Å². The van der Waals surface area contributed by atoms with Crippen LogP contribution in [0.3, 0.4) is 0 Å². The van der Waals surface area contributed by atoms with Crippen molar-refractivity contribution in [3.63, 3.8) is 0 Å². The lowest BCUT2D eigenvalue weighted by Gasteiger charge is -2.27. The number of carbonyl (C=O) groups is 2. The molecule has 2 amide bonds. The van der Waals surface area contributed by atoms with Crippen molar-refractivity contribution in [2.75, 3.05) is 6.54 Å². The molecule has 1 atom stereocenters. The number of hydrogen-bond donors (Lipinski definition) is 3. The highest BCUT2D eigenvalue weighted by molar-refractivity contribution is 5.77. The van der Waals surface area contributed by atoms with Crippen LogP contribution in [0.2, 0.25) is 0 Å². The van der Waals surface area contributed by atoms with Crippen LogP contribution in [0.4, 0.5) is 0 Å². The lowest BCUT2D eigenvalue weighted by molar-refractivity contribution is -0.123. The Hall–Kier alpha value is -1.10. The molecular weight excluding hydrogens is 266 g/mol. The zero-order chi connectivity index (χ0) is 15.7. The molecule has 5 heteroatoms. The summed E-state index contributed by atoms with van der Waals surface area (Å²) < 4.78 is 0. The normalized spacial score (nSPS) is 23.5. The zero-order valence-electron chi connectivity index (χ0n) is 13.3. The highest BCUT2D eigenvalue weighted by Gasteiger charge is 2.25. The number of amides is 2. The first-order valence-electron chi connectivity index (χ1n) is 8.35. The van der Waals surface area contributed by atoms with Crippen molar-refractivity contribution >= 4 is 11.8 Å². The Morgan fingerprint density at radius 2 is 1.81 bits per heavy atom. The maximum Gasteiger partial charge on any atom is 0.220 e. The van der Waals surface area contributed by atoms with Crippen LogP contribution in [0.15, 0.2) is 0 Å². The smallest absolute Gasteiger partial charge is 0.220 e. The van der Waals surface area contributed by atoms with Gasteiger partial charge in [-0.3, -0.25) is 9.59 Å². The van der Waals surface area contributed by atoms with Gasteiger partial charge in [0.2, 0.25) is 11.8 Å². The van der Waals surface area contributed by atoms with Gasteiger partial charge in [0.15, 0.2) is 0 Å². The number of nitrogens with one attached hydrogen (secondary N) is 1. The topological polar surface area (TPSA) is 98.2 Å². The molecule has 5 N–H and O–H groups in total. The summed E-state index contributed by atoms with van der Waals surface area (Å²) in [6, 6.07) is 0.215. The second kappa shape index (κ2) is 9.77. The summed E-state index contributed by atoms with van der Waals surface area (Å²) in [6.07, 6.45) is 8.12. The van der Waals surface area contributed by atoms with Crippen molar-refractivity contribution in [2.45, 2.75) is 70.8 Å². The summed E-state index contributed by atoms with van der Waals surface area (Å²) in [7, 11) is 0. The second-order valence-electron chi connectivity index (χ2n) is 6.29. The first kappa shape index (κ1) is 18.0. The standard InChI is InChI=1S/C16H31N3O2/c1-2-3-12(10-11-17)4-9-15(20)19-14-7-5-13(6-8-14)16(18)21/h12-14H,2-11,17H2,1H3,(H2,18,21)(H,19,20). The fourth-order valence-corrected chi connectivity index (χ4v) is 3.23. The van der Waals surface area contributed by atoms with Crippen LogP contribution < -0.4 is 16.8 Å². The minimum absolute atomic E-state index is 0.00311. The van der Waals surface area contributed by atoms with E-state index in [0.29, 0.717) is 18.9 Å². The average Bonchev–Trinajstić information content (AvgIpc) is 2.46. The van der Waals surface area contributed by atoms with Crippen LogP contribution in [0.25, 0.3) is 0 Å². The lowest BCUT2D eigenvalue weighted by Crippen LogP contribution is -2.39. The second-order valence-corrected chi connectivity index (χ2v) is 6.29. The lowest BCUT2D eigenvalue weighted by atomic mass is 9.85. The van der Waals surface area contributed by atoms with Crippen LogP contribution in [0, 0.1) is 11.8 Å². The zero-order valence-corrected chi connectivity index (χ0v) is 13.3. The van der Waals surface area contributed by atoms with E-state index < -0.39 is 0 Å². The van der Waals surface area contributed by atoms with Crippen LogP contribution in [-0.2, 0) is 9.59 Å².